The van der Waals surface area contributed by atoms with E-state index in [-0.39, 0.29) is 12.7 Å². The third kappa shape index (κ3) is 3.38. The fourth-order valence-corrected chi connectivity index (χ4v) is 1.64. The maximum absolute atomic E-state index is 11.5. The lowest BCUT2D eigenvalue weighted by Crippen LogP contribution is -2.37. The minimum atomic E-state index is -0.852. The van der Waals surface area contributed by atoms with Gasteiger partial charge in [0.05, 0.1) is 5.60 Å². The van der Waals surface area contributed by atoms with Gasteiger partial charge in [-0.25, -0.2) is 4.79 Å². The summed E-state index contributed by atoms with van der Waals surface area (Å²) in [6.45, 7) is 5.47. The zero-order valence-corrected chi connectivity index (χ0v) is 9.66. The highest BCUT2D eigenvalue weighted by Crippen LogP contribution is 2.16. The molecule has 0 spiro atoms. The van der Waals surface area contributed by atoms with Crippen molar-refractivity contribution in [1.82, 2.24) is 4.90 Å². The monoisotopic (exact) mass is 215 g/mol. The normalized spacial score (nSPS) is 16.9. The summed E-state index contributed by atoms with van der Waals surface area (Å²) in [6, 6.07) is 0. The number of carbonyl (C=O) groups excluding carboxylic acids is 1. The number of aliphatic hydroxyl groups is 1. The number of carbonyl (C=O) groups is 1. The van der Waals surface area contributed by atoms with E-state index in [0.717, 1.165) is 25.9 Å². The average Bonchev–Trinajstić information content (AvgIpc) is 2.79. The van der Waals surface area contributed by atoms with Crippen LogP contribution in [0.1, 0.15) is 39.5 Å². The maximum atomic E-state index is 11.5. The van der Waals surface area contributed by atoms with Crippen molar-refractivity contribution in [2.75, 3.05) is 19.7 Å². The van der Waals surface area contributed by atoms with Gasteiger partial charge >= 0.3 is 6.09 Å². The molecule has 1 aliphatic heterocycles. The zero-order valence-electron chi connectivity index (χ0n) is 9.66. The van der Waals surface area contributed by atoms with Gasteiger partial charge < -0.3 is 14.7 Å². The number of nitrogens with zero attached hydrogens (tertiary/aromatic N) is 1. The highest BCUT2D eigenvalue weighted by molar-refractivity contribution is 5.67. The van der Waals surface area contributed by atoms with E-state index >= 15 is 0 Å². The lowest BCUT2D eigenvalue weighted by Gasteiger charge is -2.25. The van der Waals surface area contributed by atoms with E-state index in [2.05, 4.69) is 0 Å². The molecule has 1 rings (SSSR count). The van der Waals surface area contributed by atoms with Crippen LogP contribution in [0.25, 0.3) is 0 Å². The molecule has 1 saturated heterocycles. The van der Waals surface area contributed by atoms with Crippen LogP contribution in [0, 0.1) is 0 Å². The van der Waals surface area contributed by atoms with E-state index in [0.29, 0.717) is 12.8 Å². The Balaban J connectivity index is 2.32. The molecule has 1 heterocycles. The SMILES string of the molecule is CCC(O)(CC)COC(=O)N1CCCC1. The molecule has 0 aromatic carbocycles. The summed E-state index contributed by atoms with van der Waals surface area (Å²) in [5.41, 5.74) is -0.852. The Labute approximate surface area is 91.2 Å². The van der Waals surface area contributed by atoms with E-state index in [1.165, 1.54) is 0 Å². The van der Waals surface area contributed by atoms with Crippen molar-refractivity contribution in [3.8, 4) is 0 Å². The van der Waals surface area contributed by atoms with Gasteiger partial charge in [0.1, 0.15) is 6.61 Å². The van der Waals surface area contributed by atoms with Crippen LogP contribution in [0.15, 0.2) is 0 Å². The molecular weight excluding hydrogens is 194 g/mol. The molecule has 1 amide bonds. The van der Waals surface area contributed by atoms with Gasteiger partial charge in [-0.2, -0.15) is 0 Å². The first-order valence-electron chi connectivity index (χ1n) is 5.75. The van der Waals surface area contributed by atoms with Gasteiger partial charge in [-0.3, -0.25) is 0 Å². The van der Waals surface area contributed by atoms with Crippen LogP contribution in [-0.2, 0) is 4.74 Å². The smallest absolute Gasteiger partial charge is 0.409 e. The van der Waals surface area contributed by atoms with Crippen LogP contribution in [0.5, 0.6) is 0 Å². The van der Waals surface area contributed by atoms with Crippen molar-refractivity contribution in [2.45, 2.75) is 45.1 Å². The van der Waals surface area contributed by atoms with Gasteiger partial charge in [0.2, 0.25) is 0 Å². The second-order valence-electron chi connectivity index (χ2n) is 4.18. The quantitative estimate of drug-likeness (QED) is 0.777. The van der Waals surface area contributed by atoms with Gasteiger partial charge in [0.15, 0.2) is 0 Å². The molecule has 1 N–H and O–H groups in total. The fourth-order valence-electron chi connectivity index (χ4n) is 1.64. The summed E-state index contributed by atoms with van der Waals surface area (Å²) in [4.78, 5) is 13.2. The van der Waals surface area contributed by atoms with Crippen molar-refractivity contribution in [2.24, 2.45) is 0 Å². The molecule has 4 heteroatoms. The average molecular weight is 215 g/mol. The van der Waals surface area contributed by atoms with Crippen molar-refractivity contribution in [3.63, 3.8) is 0 Å². The molecule has 0 aromatic heterocycles. The third-order valence-corrected chi connectivity index (χ3v) is 3.14. The molecule has 0 bridgehead atoms. The standard InChI is InChI=1S/C11H21NO3/c1-3-11(14,4-2)9-15-10(13)12-7-5-6-8-12/h14H,3-9H2,1-2H3. The molecule has 4 nitrogen and oxygen atoms in total. The molecule has 0 aliphatic carbocycles. The summed E-state index contributed by atoms with van der Waals surface area (Å²) in [6.07, 6.45) is 3.04. The van der Waals surface area contributed by atoms with Crippen molar-refractivity contribution >= 4 is 6.09 Å². The van der Waals surface area contributed by atoms with Crippen LogP contribution in [0.2, 0.25) is 0 Å². The van der Waals surface area contributed by atoms with Gasteiger partial charge in [-0.15, -0.1) is 0 Å². The first-order chi connectivity index (χ1) is 7.11. The number of hydrogen-bond donors (Lipinski definition) is 1. The van der Waals surface area contributed by atoms with Crippen LogP contribution >= 0.6 is 0 Å². The number of hydrogen-bond acceptors (Lipinski definition) is 3. The predicted octanol–water partition coefficient (Wildman–Crippen LogP) is 1.77. The van der Waals surface area contributed by atoms with Crippen molar-refractivity contribution < 1.29 is 14.6 Å². The van der Waals surface area contributed by atoms with Crippen molar-refractivity contribution in [3.05, 3.63) is 0 Å². The van der Waals surface area contributed by atoms with E-state index in [1.54, 1.807) is 4.90 Å². The Bertz CT molecular complexity index is 208. The van der Waals surface area contributed by atoms with Gasteiger partial charge in [-0.1, -0.05) is 13.8 Å². The van der Waals surface area contributed by atoms with E-state index < -0.39 is 5.60 Å². The number of amides is 1. The topological polar surface area (TPSA) is 49.8 Å². The minimum Gasteiger partial charge on any atom is -0.446 e. The number of rotatable bonds is 4. The summed E-state index contributed by atoms with van der Waals surface area (Å²) in [5.74, 6) is 0. The third-order valence-electron chi connectivity index (χ3n) is 3.14. The lowest BCUT2D eigenvalue weighted by molar-refractivity contribution is -0.0333. The summed E-state index contributed by atoms with van der Waals surface area (Å²) in [5, 5.41) is 9.92. The molecular formula is C11H21NO3. The Kier molecular flexibility index (Phi) is 4.39. The Morgan fingerprint density at radius 2 is 1.87 bits per heavy atom. The maximum Gasteiger partial charge on any atom is 0.409 e. The highest BCUT2D eigenvalue weighted by Gasteiger charge is 2.26. The Morgan fingerprint density at radius 3 is 2.33 bits per heavy atom. The molecule has 0 atom stereocenters. The second kappa shape index (κ2) is 5.35. The number of ether oxygens (including phenoxy) is 1. The van der Waals surface area contributed by atoms with Gasteiger partial charge in [-0.05, 0) is 25.7 Å². The molecule has 15 heavy (non-hydrogen) atoms. The summed E-state index contributed by atoms with van der Waals surface area (Å²) in [7, 11) is 0. The summed E-state index contributed by atoms with van der Waals surface area (Å²) >= 11 is 0. The first kappa shape index (κ1) is 12.3. The van der Waals surface area contributed by atoms with Crippen LogP contribution in [0.3, 0.4) is 0 Å². The zero-order chi connectivity index (χ0) is 11.3. The highest BCUT2D eigenvalue weighted by atomic mass is 16.6. The number of likely N-dealkylation sites (tertiary alicyclic amines) is 1. The van der Waals surface area contributed by atoms with Gasteiger partial charge in [0.25, 0.3) is 0 Å². The Hall–Kier alpha value is -0.770. The molecule has 1 aliphatic rings. The molecule has 0 radical (unpaired) electrons. The molecule has 88 valence electrons. The van der Waals surface area contributed by atoms with Gasteiger partial charge in [0, 0.05) is 13.1 Å². The lowest BCUT2D eigenvalue weighted by atomic mass is 9.99. The Morgan fingerprint density at radius 1 is 1.33 bits per heavy atom. The van der Waals surface area contributed by atoms with Crippen LogP contribution < -0.4 is 0 Å². The minimum absolute atomic E-state index is 0.106. The van der Waals surface area contributed by atoms with E-state index in [1.807, 2.05) is 13.8 Å². The van der Waals surface area contributed by atoms with Crippen LogP contribution in [-0.4, -0.2) is 41.4 Å². The fraction of sp³-hybridized carbons (Fsp3) is 0.909. The van der Waals surface area contributed by atoms with Crippen LogP contribution in [0.4, 0.5) is 4.79 Å². The van der Waals surface area contributed by atoms with Crippen molar-refractivity contribution in [1.29, 1.82) is 0 Å². The molecule has 0 aromatic rings. The molecule has 1 fully saturated rings. The summed E-state index contributed by atoms with van der Waals surface area (Å²) < 4.78 is 5.11. The second-order valence-corrected chi connectivity index (χ2v) is 4.18. The largest absolute Gasteiger partial charge is 0.446 e. The van der Waals surface area contributed by atoms with E-state index in [9.17, 15) is 9.90 Å². The molecule has 0 saturated carbocycles. The first-order valence-corrected chi connectivity index (χ1v) is 5.75. The van der Waals surface area contributed by atoms with E-state index in [4.69, 9.17) is 4.74 Å². The molecule has 0 unspecified atom stereocenters. The predicted molar refractivity (Wildman–Crippen MR) is 57.7 cm³/mol.